The predicted octanol–water partition coefficient (Wildman–Crippen LogP) is -4.14. The minimum atomic E-state index is -1.16. The molecule has 0 aromatic rings. The molecule has 0 aromatic carbocycles. The summed E-state index contributed by atoms with van der Waals surface area (Å²) in [6.45, 7) is 0. The summed E-state index contributed by atoms with van der Waals surface area (Å²) in [6, 6.07) is 0. The van der Waals surface area contributed by atoms with E-state index in [9.17, 15) is 9.59 Å². The fourth-order valence-electron chi connectivity index (χ4n) is 1.15. The van der Waals surface area contributed by atoms with Crippen molar-refractivity contribution in [2.45, 2.75) is 18.4 Å². The van der Waals surface area contributed by atoms with Gasteiger partial charge in [-0.1, -0.05) is 6.08 Å². The Morgan fingerprint density at radius 1 is 1.46 bits per heavy atom. The number of carboxylic acids is 2. The molecule has 0 aliphatic heterocycles. The maximum absolute atomic E-state index is 10.6. The molecule has 74 valence electrons. The molecule has 0 radical (unpaired) electrons. The summed E-state index contributed by atoms with van der Waals surface area (Å²) < 4.78 is 0. The van der Waals surface area contributed by atoms with Crippen LogP contribution in [0.3, 0.4) is 0 Å². The largest absolute Gasteiger partial charge is 1.00 e. The van der Waals surface area contributed by atoms with Gasteiger partial charge in [-0.25, -0.2) is 9.59 Å². The molecule has 0 amide bonds. The highest BCUT2D eigenvalue weighted by molar-refractivity contribution is 5.90. The van der Waals surface area contributed by atoms with Crippen molar-refractivity contribution in [2.75, 3.05) is 0 Å². The van der Waals surface area contributed by atoms with Gasteiger partial charge in [0, 0.05) is 18.4 Å². The van der Waals surface area contributed by atoms with Crippen molar-refractivity contribution < 1.29 is 37.9 Å². The Labute approximate surface area is 80.6 Å². The molecule has 0 saturated heterocycles. The van der Waals surface area contributed by atoms with Gasteiger partial charge < -0.3 is 28.4 Å². The molecule has 0 heterocycles. The number of quaternary nitrogens is 1. The van der Waals surface area contributed by atoms with Crippen LogP contribution < -0.4 is 18.1 Å². The minimum Gasteiger partial charge on any atom is -1.00 e. The second-order valence-electron chi connectivity index (χ2n) is 3.00. The van der Waals surface area contributed by atoms with Gasteiger partial charge in [0.2, 0.25) is 0 Å². The monoisotopic (exact) mass is 207 g/mol. The fourth-order valence-corrected chi connectivity index (χ4v) is 1.15. The number of rotatable bonds is 2. The Bertz CT molecular complexity index is 276. The third-order valence-corrected chi connectivity index (χ3v) is 2.00. The molecule has 1 aliphatic rings. The highest BCUT2D eigenvalue weighted by Crippen LogP contribution is 2.25. The third kappa shape index (κ3) is 2.19. The highest BCUT2D eigenvalue weighted by Gasteiger charge is 2.43. The topological polar surface area (TPSA) is 102 Å². The van der Waals surface area contributed by atoms with Crippen LogP contribution in [0.4, 0.5) is 0 Å². The van der Waals surface area contributed by atoms with Gasteiger partial charge in [0.1, 0.15) is 0 Å². The van der Waals surface area contributed by atoms with E-state index in [1.165, 1.54) is 6.08 Å². The average Bonchev–Trinajstić information content (AvgIpc) is 2.33. The second-order valence-corrected chi connectivity index (χ2v) is 3.00. The van der Waals surface area contributed by atoms with Crippen molar-refractivity contribution in [3.63, 3.8) is 0 Å². The average molecular weight is 208 g/mol. The molecule has 0 fully saturated rings. The lowest BCUT2D eigenvalue weighted by Gasteiger charge is -2.12. The first-order valence-electron chi connectivity index (χ1n) is 3.47. The Kier molecular flexibility index (Phi) is 3.45. The number of hydrogen-bond donors (Lipinski definition) is 3. The standard InChI is InChI=1S/C7H9NO4.ClH/c8-7(6(11)12)2-1-4(3-7)5(9)10;/h1H,2-3,8H2,(H,9,10)(H,11,12);1H. The summed E-state index contributed by atoms with van der Waals surface area (Å²) in [5.74, 6) is -2.10. The van der Waals surface area contributed by atoms with Crippen molar-refractivity contribution >= 4 is 11.9 Å². The lowest BCUT2D eigenvalue weighted by molar-refractivity contribution is -0.458. The van der Waals surface area contributed by atoms with Crippen molar-refractivity contribution in [3.05, 3.63) is 11.6 Å². The minimum absolute atomic E-state index is 0. The number of hydrogen-bond acceptors (Lipinski definition) is 2. The first-order valence-corrected chi connectivity index (χ1v) is 3.47. The molecule has 0 saturated carbocycles. The zero-order valence-corrected chi connectivity index (χ0v) is 7.54. The quantitative estimate of drug-likeness (QED) is 0.428. The van der Waals surface area contributed by atoms with Crippen molar-refractivity contribution in [1.29, 1.82) is 0 Å². The Morgan fingerprint density at radius 2 is 2.00 bits per heavy atom. The smallest absolute Gasteiger partial charge is 0.366 e. The summed E-state index contributed by atoms with van der Waals surface area (Å²) in [5, 5.41) is 17.2. The van der Waals surface area contributed by atoms with Crippen molar-refractivity contribution in [1.82, 2.24) is 0 Å². The molecule has 13 heavy (non-hydrogen) atoms. The van der Waals surface area contributed by atoms with Gasteiger partial charge in [-0.15, -0.1) is 0 Å². The molecular formula is C7H10ClNO4. The van der Waals surface area contributed by atoms with E-state index in [4.69, 9.17) is 10.2 Å². The summed E-state index contributed by atoms with van der Waals surface area (Å²) in [4.78, 5) is 21.0. The van der Waals surface area contributed by atoms with E-state index in [-0.39, 0.29) is 30.8 Å². The molecule has 5 N–H and O–H groups in total. The van der Waals surface area contributed by atoms with Crippen LogP contribution in [-0.4, -0.2) is 27.7 Å². The maximum atomic E-state index is 10.6. The Hall–Kier alpha value is -1.07. The van der Waals surface area contributed by atoms with E-state index in [1.807, 2.05) is 0 Å². The van der Waals surface area contributed by atoms with E-state index < -0.39 is 17.5 Å². The fraction of sp³-hybridized carbons (Fsp3) is 0.429. The van der Waals surface area contributed by atoms with E-state index in [1.54, 1.807) is 0 Å². The van der Waals surface area contributed by atoms with Gasteiger partial charge in [0.15, 0.2) is 5.54 Å². The van der Waals surface area contributed by atoms with Crippen LogP contribution >= 0.6 is 0 Å². The first kappa shape index (κ1) is 11.9. The molecule has 1 atom stereocenters. The summed E-state index contributed by atoms with van der Waals surface area (Å²) in [5.41, 5.74) is 2.47. The zero-order chi connectivity index (χ0) is 9.35. The summed E-state index contributed by atoms with van der Waals surface area (Å²) in [6.07, 6.45) is 1.63. The van der Waals surface area contributed by atoms with E-state index in [2.05, 4.69) is 5.73 Å². The highest BCUT2D eigenvalue weighted by atomic mass is 35.5. The van der Waals surface area contributed by atoms with Crippen LogP contribution in [0.1, 0.15) is 12.8 Å². The van der Waals surface area contributed by atoms with E-state index in [0.717, 1.165) is 0 Å². The van der Waals surface area contributed by atoms with Crippen molar-refractivity contribution in [3.8, 4) is 0 Å². The Morgan fingerprint density at radius 3 is 2.23 bits per heavy atom. The van der Waals surface area contributed by atoms with E-state index in [0.29, 0.717) is 0 Å². The van der Waals surface area contributed by atoms with Crippen LogP contribution in [-0.2, 0) is 9.59 Å². The molecule has 0 bridgehead atoms. The van der Waals surface area contributed by atoms with Gasteiger partial charge in [0.05, 0.1) is 0 Å². The maximum Gasteiger partial charge on any atom is 0.366 e. The third-order valence-electron chi connectivity index (χ3n) is 2.00. The molecule has 0 spiro atoms. The lowest BCUT2D eigenvalue weighted by Crippen LogP contribution is -3.00. The normalized spacial score (nSPS) is 26.1. The van der Waals surface area contributed by atoms with Crippen LogP contribution in [0, 0.1) is 0 Å². The molecule has 6 heteroatoms. The molecule has 5 nitrogen and oxygen atoms in total. The SMILES string of the molecule is [Cl-].[NH3+]C1(C(=O)O)CC=C(C(=O)O)C1. The molecule has 1 aliphatic carbocycles. The Balaban J connectivity index is 0.00000144. The van der Waals surface area contributed by atoms with Gasteiger partial charge in [-0.05, 0) is 0 Å². The molecule has 1 rings (SSSR count). The molecular weight excluding hydrogens is 198 g/mol. The van der Waals surface area contributed by atoms with Crippen LogP contribution in [0.2, 0.25) is 0 Å². The van der Waals surface area contributed by atoms with Gasteiger partial charge in [0.25, 0.3) is 0 Å². The predicted molar refractivity (Wildman–Crippen MR) is 38.2 cm³/mol. The molecule has 0 aromatic heterocycles. The number of aliphatic carboxylic acids is 2. The zero-order valence-electron chi connectivity index (χ0n) is 6.79. The summed E-state index contributed by atoms with van der Waals surface area (Å²) in [7, 11) is 0. The van der Waals surface area contributed by atoms with Gasteiger partial charge in [-0.2, -0.15) is 0 Å². The second kappa shape index (κ2) is 3.76. The van der Waals surface area contributed by atoms with Crippen LogP contribution in [0.5, 0.6) is 0 Å². The van der Waals surface area contributed by atoms with Crippen LogP contribution in [0.25, 0.3) is 0 Å². The lowest BCUT2D eigenvalue weighted by atomic mass is 9.97. The van der Waals surface area contributed by atoms with E-state index >= 15 is 0 Å². The number of halogens is 1. The van der Waals surface area contributed by atoms with Gasteiger partial charge >= 0.3 is 11.9 Å². The molecule has 1 unspecified atom stereocenters. The van der Waals surface area contributed by atoms with Crippen LogP contribution in [0.15, 0.2) is 11.6 Å². The van der Waals surface area contributed by atoms with Gasteiger partial charge in [-0.3, -0.25) is 0 Å². The number of carbonyl (C=O) groups is 2. The number of carboxylic acid groups (broad SMARTS) is 2. The summed E-state index contributed by atoms with van der Waals surface area (Å²) >= 11 is 0. The first-order chi connectivity index (χ1) is 5.46. The van der Waals surface area contributed by atoms with Crippen molar-refractivity contribution in [2.24, 2.45) is 0 Å².